The fourth-order valence-corrected chi connectivity index (χ4v) is 4.74. The molecular weight excluding hydrogens is 369 g/mol. The molecule has 2 fully saturated rings. The molecule has 0 saturated carbocycles. The number of amides is 1. The Kier molecular flexibility index (Phi) is 5.87. The monoisotopic (exact) mass is 396 g/mol. The van der Waals surface area contributed by atoms with Gasteiger partial charge in [0.1, 0.15) is 0 Å². The summed E-state index contributed by atoms with van der Waals surface area (Å²) in [6, 6.07) is 7.55. The third-order valence-corrected chi connectivity index (χ3v) is 6.00. The number of halogens is 3. The summed E-state index contributed by atoms with van der Waals surface area (Å²) in [5.74, 6) is -0.0812. The molecule has 2 aliphatic heterocycles. The summed E-state index contributed by atoms with van der Waals surface area (Å²) in [4.78, 5) is 15.5. The first-order valence-corrected chi connectivity index (χ1v) is 9.70. The first-order chi connectivity index (χ1) is 13.3. The predicted octanol–water partition coefficient (Wildman–Crippen LogP) is 3.42. The van der Waals surface area contributed by atoms with E-state index in [-0.39, 0.29) is 31.0 Å². The second-order valence-corrected chi connectivity index (χ2v) is 7.66. The molecule has 0 radical (unpaired) electrons. The predicted molar refractivity (Wildman–Crippen MR) is 102 cm³/mol. The third kappa shape index (κ3) is 3.70. The maximum Gasteiger partial charge on any atom is 0.390 e. The van der Waals surface area contributed by atoms with Crippen molar-refractivity contribution >= 4 is 12.0 Å². The molecule has 1 N–H and O–H groups in total. The number of likely N-dealkylation sites (tertiary alicyclic amines) is 2. The van der Waals surface area contributed by atoms with Crippen LogP contribution in [0.1, 0.15) is 43.7 Å². The average molecular weight is 396 g/mol. The van der Waals surface area contributed by atoms with Gasteiger partial charge in [0.15, 0.2) is 0 Å². The van der Waals surface area contributed by atoms with Crippen molar-refractivity contribution in [2.45, 2.75) is 50.4 Å². The van der Waals surface area contributed by atoms with Crippen LogP contribution in [0, 0.1) is 0 Å². The second-order valence-electron chi connectivity index (χ2n) is 7.66. The van der Waals surface area contributed by atoms with Crippen LogP contribution in [0.5, 0.6) is 0 Å². The smallest absolute Gasteiger partial charge is 0.390 e. The molecule has 154 valence electrons. The van der Waals surface area contributed by atoms with Crippen molar-refractivity contribution in [3.8, 4) is 0 Å². The maximum atomic E-state index is 12.8. The van der Waals surface area contributed by atoms with Crippen LogP contribution in [0.25, 0.3) is 6.08 Å². The highest BCUT2D eigenvalue weighted by Gasteiger charge is 2.66. The fraction of sp³-hybridized carbons (Fsp3) is 0.571. The summed E-state index contributed by atoms with van der Waals surface area (Å²) < 4.78 is 38.5. The van der Waals surface area contributed by atoms with E-state index in [1.54, 1.807) is 16.7 Å². The van der Waals surface area contributed by atoms with Crippen molar-refractivity contribution in [3.05, 3.63) is 41.5 Å². The lowest BCUT2D eigenvalue weighted by atomic mass is 9.60. The van der Waals surface area contributed by atoms with E-state index in [1.807, 2.05) is 43.3 Å². The first kappa shape index (κ1) is 20.9. The molecule has 1 aromatic rings. The molecule has 2 aliphatic rings. The highest BCUT2D eigenvalue weighted by molar-refractivity contribution is 5.77. The van der Waals surface area contributed by atoms with Crippen LogP contribution >= 0.6 is 0 Å². The Morgan fingerprint density at radius 2 is 1.93 bits per heavy atom. The number of aliphatic hydroxyl groups is 1. The van der Waals surface area contributed by atoms with Gasteiger partial charge in [-0.3, -0.25) is 9.69 Å². The van der Waals surface area contributed by atoms with Gasteiger partial charge < -0.3 is 10.0 Å². The number of alkyl halides is 3. The van der Waals surface area contributed by atoms with Crippen LogP contribution in [0.2, 0.25) is 0 Å². The zero-order valence-electron chi connectivity index (χ0n) is 16.2. The maximum absolute atomic E-state index is 12.8. The number of hydrogen-bond acceptors (Lipinski definition) is 3. The lowest BCUT2D eigenvalue weighted by molar-refractivity contribution is -0.209. The molecule has 7 heteroatoms. The summed E-state index contributed by atoms with van der Waals surface area (Å²) in [6.45, 7) is 4.18. The minimum atomic E-state index is -4.25. The van der Waals surface area contributed by atoms with Crippen LogP contribution in [0.3, 0.4) is 0 Å². The van der Waals surface area contributed by atoms with Gasteiger partial charge in [0.05, 0.1) is 18.6 Å². The van der Waals surface area contributed by atoms with Crippen LogP contribution in [-0.4, -0.2) is 64.8 Å². The number of aliphatic hydroxyl groups excluding tert-OH is 1. The van der Waals surface area contributed by atoms with Crippen molar-refractivity contribution < 1.29 is 23.1 Å². The Bertz CT molecular complexity index is 724. The normalized spacial score (nSPS) is 24.4. The van der Waals surface area contributed by atoms with E-state index in [1.165, 1.54) is 0 Å². The Morgan fingerprint density at radius 3 is 2.43 bits per heavy atom. The molecule has 0 unspecified atom stereocenters. The number of benzene rings is 1. The number of nitrogens with zero attached hydrogens (tertiary/aromatic N) is 2. The van der Waals surface area contributed by atoms with E-state index in [4.69, 9.17) is 0 Å². The topological polar surface area (TPSA) is 43.8 Å². The lowest BCUT2D eigenvalue weighted by Crippen LogP contribution is -2.85. The van der Waals surface area contributed by atoms with Gasteiger partial charge in [-0.25, -0.2) is 0 Å². The first-order valence-electron chi connectivity index (χ1n) is 9.70. The minimum Gasteiger partial charge on any atom is -0.395 e. The van der Waals surface area contributed by atoms with Crippen molar-refractivity contribution in [2.24, 2.45) is 0 Å². The van der Waals surface area contributed by atoms with Crippen LogP contribution < -0.4 is 0 Å². The van der Waals surface area contributed by atoms with Crippen molar-refractivity contribution in [1.29, 1.82) is 0 Å². The Labute approximate surface area is 163 Å². The number of allylic oxidation sites excluding steroid dienone is 1. The van der Waals surface area contributed by atoms with E-state index in [0.717, 1.165) is 11.1 Å². The summed E-state index contributed by atoms with van der Waals surface area (Å²) >= 11 is 0. The summed E-state index contributed by atoms with van der Waals surface area (Å²) in [6.07, 6.45) is -0.867. The fourth-order valence-electron chi connectivity index (χ4n) is 4.74. The van der Waals surface area contributed by atoms with E-state index in [0.29, 0.717) is 19.5 Å². The molecule has 2 atom stereocenters. The van der Waals surface area contributed by atoms with Crippen molar-refractivity contribution in [1.82, 2.24) is 9.80 Å². The molecule has 1 amide bonds. The number of carbonyl (C=O) groups is 1. The quantitative estimate of drug-likeness (QED) is 0.801. The molecule has 3 rings (SSSR count). The standard InChI is InChI=1S/C21H27F3N2O2/c1-3-5-15-6-8-16(9-7-15)19-17(12-27)26(11-10-21(22,23)24)20(19)13-25(14-20)18(28)4-2/h3,5-9,17,19,27H,4,10-14H2,1-2H3/b5-3+/t17-,19-/m1/s1. The molecule has 28 heavy (non-hydrogen) atoms. The molecule has 2 heterocycles. The van der Waals surface area contributed by atoms with Gasteiger partial charge in [-0.05, 0) is 18.1 Å². The second kappa shape index (κ2) is 7.87. The Balaban J connectivity index is 1.85. The van der Waals surface area contributed by atoms with Gasteiger partial charge in [0.2, 0.25) is 5.91 Å². The van der Waals surface area contributed by atoms with E-state index < -0.39 is 18.1 Å². The summed E-state index contributed by atoms with van der Waals surface area (Å²) in [7, 11) is 0. The highest BCUT2D eigenvalue weighted by Crippen LogP contribution is 2.54. The molecule has 4 nitrogen and oxygen atoms in total. The average Bonchev–Trinajstić information content (AvgIpc) is 2.60. The number of rotatable bonds is 6. The molecule has 0 aliphatic carbocycles. The molecule has 2 saturated heterocycles. The number of carbonyl (C=O) groups excluding carboxylic acids is 1. The van der Waals surface area contributed by atoms with E-state index in [2.05, 4.69) is 0 Å². The van der Waals surface area contributed by atoms with Crippen molar-refractivity contribution in [3.63, 3.8) is 0 Å². The summed E-state index contributed by atoms with van der Waals surface area (Å²) in [5, 5.41) is 9.91. The lowest BCUT2D eigenvalue weighted by Gasteiger charge is -2.71. The molecule has 0 bridgehead atoms. The Hall–Kier alpha value is -1.86. The van der Waals surface area contributed by atoms with Gasteiger partial charge >= 0.3 is 6.18 Å². The molecule has 1 spiro atoms. The van der Waals surface area contributed by atoms with Gasteiger partial charge in [-0.1, -0.05) is 43.3 Å². The zero-order chi connectivity index (χ0) is 20.5. The highest BCUT2D eigenvalue weighted by atomic mass is 19.4. The third-order valence-electron chi connectivity index (χ3n) is 6.00. The van der Waals surface area contributed by atoms with Crippen LogP contribution in [0.15, 0.2) is 30.3 Å². The molecular formula is C21H27F3N2O2. The van der Waals surface area contributed by atoms with Gasteiger partial charge in [0.25, 0.3) is 0 Å². The van der Waals surface area contributed by atoms with E-state index >= 15 is 0 Å². The van der Waals surface area contributed by atoms with Crippen LogP contribution in [-0.2, 0) is 4.79 Å². The van der Waals surface area contributed by atoms with Gasteiger partial charge in [-0.15, -0.1) is 0 Å². The van der Waals surface area contributed by atoms with Crippen LogP contribution in [0.4, 0.5) is 13.2 Å². The van der Waals surface area contributed by atoms with Gasteiger partial charge in [-0.2, -0.15) is 13.2 Å². The largest absolute Gasteiger partial charge is 0.395 e. The minimum absolute atomic E-state index is 0.0102. The zero-order valence-corrected chi connectivity index (χ0v) is 16.2. The summed E-state index contributed by atoms with van der Waals surface area (Å²) in [5.41, 5.74) is 1.52. The molecule has 1 aromatic carbocycles. The number of hydrogen-bond donors (Lipinski definition) is 1. The van der Waals surface area contributed by atoms with Crippen molar-refractivity contribution in [2.75, 3.05) is 26.2 Å². The Morgan fingerprint density at radius 1 is 1.29 bits per heavy atom. The van der Waals surface area contributed by atoms with Gasteiger partial charge in [0, 0.05) is 38.0 Å². The SMILES string of the molecule is C/C=C/c1ccc([C@@H]2[C@@H](CO)N(CCC(F)(F)F)C23CN(C(=O)CC)C3)cc1. The molecule has 0 aromatic heterocycles. The van der Waals surface area contributed by atoms with E-state index in [9.17, 15) is 23.1 Å².